The van der Waals surface area contributed by atoms with Crippen LogP contribution in [0.25, 0.3) is 0 Å². The molecular weight excluding hydrogens is 877 g/mol. The molecule has 0 heterocycles. The molecule has 1 atom stereocenters. The third-order valence-corrected chi connectivity index (χ3v) is 10.9. The van der Waals surface area contributed by atoms with E-state index in [0.29, 0.717) is 19.3 Å². The van der Waals surface area contributed by atoms with Gasteiger partial charge in [-0.15, -0.1) is 0 Å². The van der Waals surface area contributed by atoms with E-state index in [4.69, 9.17) is 14.2 Å². The van der Waals surface area contributed by atoms with E-state index >= 15 is 0 Å². The molecule has 0 N–H and O–H groups in total. The lowest BCUT2D eigenvalue weighted by Crippen LogP contribution is -2.30. The van der Waals surface area contributed by atoms with Crippen molar-refractivity contribution in [2.45, 2.75) is 207 Å². The van der Waals surface area contributed by atoms with Crippen molar-refractivity contribution in [1.82, 2.24) is 0 Å². The predicted octanol–water partition coefficient (Wildman–Crippen LogP) is 18.8. The molecule has 394 valence electrons. The third kappa shape index (κ3) is 55.6. The van der Waals surface area contributed by atoms with Crippen molar-refractivity contribution in [3.8, 4) is 0 Å². The maximum Gasteiger partial charge on any atom is 0.306 e. The molecule has 0 amide bonds. The second-order valence-corrected chi connectivity index (χ2v) is 17.6. The Labute approximate surface area is 434 Å². The number of carbonyl (C=O) groups is 3. The summed E-state index contributed by atoms with van der Waals surface area (Å²) in [6, 6.07) is 0. The van der Waals surface area contributed by atoms with Gasteiger partial charge in [0, 0.05) is 19.3 Å². The highest BCUT2D eigenvalue weighted by Gasteiger charge is 2.19. The number of ether oxygens (including phenoxy) is 3. The van der Waals surface area contributed by atoms with Crippen LogP contribution >= 0.6 is 0 Å². The number of hydrogen-bond donors (Lipinski definition) is 0. The molecule has 0 aliphatic carbocycles. The van der Waals surface area contributed by atoms with Crippen molar-refractivity contribution in [1.29, 1.82) is 0 Å². The third-order valence-electron chi connectivity index (χ3n) is 10.9. The fourth-order valence-electron chi connectivity index (χ4n) is 6.78. The number of esters is 3. The standard InChI is InChI=1S/C65H98O6/c1-4-7-10-13-16-19-22-25-28-31-32-35-37-40-43-46-49-52-55-58-64(67)70-61-62(71-65(68)59-56-53-50-47-44-41-38-34-30-27-24-21-18-15-12-9-6-3)60-69-63(66)57-54-51-48-45-42-39-36-33-29-26-23-20-17-14-11-8-5-2/h7,9-10,12-13,16-22,25-32,35,37-38,40-41,43,47,50,62H,4-6,8,11,14-15,23-24,33-34,36,39,42,44-46,48-49,51-61H2,1-3H3/b10-7-,12-9-,16-13-,20-17-,21-18-,22-19-,28-25-,29-26-,30-27-,32-31+,37-35-,41-38-,43-40-,50-47-. The predicted molar refractivity (Wildman–Crippen MR) is 306 cm³/mol. The largest absolute Gasteiger partial charge is 0.462 e. The highest BCUT2D eigenvalue weighted by molar-refractivity contribution is 5.71. The zero-order valence-corrected chi connectivity index (χ0v) is 44.9. The van der Waals surface area contributed by atoms with Gasteiger partial charge >= 0.3 is 17.9 Å². The van der Waals surface area contributed by atoms with Crippen LogP contribution in [-0.2, 0) is 28.6 Å². The second kappa shape index (κ2) is 57.3. The Morgan fingerprint density at radius 3 is 1.08 bits per heavy atom. The van der Waals surface area contributed by atoms with Crippen LogP contribution in [0.2, 0.25) is 0 Å². The van der Waals surface area contributed by atoms with Crippen molar-refractivity contribution in [3.05, 3.63) is 170 Å². The van der Waals surface area contributed by atoms with Crippen molar-refractivity contribution in [2.24, 2.45) is 0 Å². The lowest BCUT2D eigenvalue weighted by Gasteiger charge is -2.18. The molecule has 6 heteroatoms. The van der Waals surface area contributed by atoms with Crippen LogP contribution in [0.15, 0.2) is 170 Å². The molecular formula is C65H98O6. The number of carbonyl (C=O) groups excluding carboxylic acids is 3. The minimum atomic E-state index is -0.841. The van der Waals surface area contributed by atoms with Crippen LogP contribution in [0.4, 0.5) is 0 Å². The van der Waals surface area contributed by atoms with Gasteiger partial charge in [-0.2, -0.15) is 0 Å². The second-order valence-electron chi connectivity index (χ2n) is 17.6. The van der Waals surface area contributed by atoms with E-state index in [9.17, 15) is 14.4 Å². The molecule has 1 unspecified atom stereocenters. The Kier molecular flexibility index (Phi) is 53.1. The first-order valence-electron chi connectivity index (χ1n) is 27.7. The molecule has 0 aliphatic rings. The van der Waals surface area contributed by atoms with Crippen LogP contribution < -0.4 is 0 Å². The molecule has 0 spiro atoms. The molecule has 0 saturated carbocycles. The van der Waals surface area contributed by atoms with Gasteiger partial charge in [0.1, 0.15) is 13.2 Å². The zero-order valence-electron chi connectivity index (χ0n) is 44.9. The Balaban J connectivity index is 4.64. The maximum absolute atomic E-state index is 12.8. The highest BCUT2D eigenvalue weighted by atomic mass is 16.6. The van der Waals surface area contributed by atoms with E-state index in [0.717, 1.165) is 96.3 Å². The molecule has 0 bridgehead atoms. The lowest BCUT2D eigenvalue weighted by atomic mass is 10.1. The van der Waals surface area contributed by atoms with Crippen LogP contribution in [0.5, 0.6) is 0 Å². The van der Waals surface area contributed by atoms with E-state index < -0.39 is 6.10 Å². The van der Waals surface area contributed by atoms with E-state index in [-0.39, 0.29) is 44.0 Å². The number of unbranched alkanes of at least 4 members (excludes halogenated alkanes) is 14. The summed E-state index contributed by atoms with van der Waals surface area (Å²) in [5.41, 5.74) is 0. The van der Waals surface area contributed by atoms with Crippen molar-refractivity contribution >= 4 is 17.9 Å². The van der Waals surface area contributed by atoms with Crippen LogP contribution in [0.3, 0.4) is 0 Å². The number of rotatable bonds is 47. The van der Waals surface area contributed by atoms with Gasteiger partial charge in [0.25, 0.3) is 0 Å². The van der Waals surface area contributed by atoms with Crippen LogP contribution in [0, 0.1) is 0 Å². The molecule has 0 radical (unpaired) electrons. The summed E-state index contributed by atoms with van der Waals surface area (Å²) >= 11 is 0. The molecule has 0 saturated heterocycles. The van der Waals surface area contributed by atoms with Gasteiger partial charge in [-0.3, -0.25) is 14.4 Å². The Morgan fingerprint density at radius 1 is 0.310 bits per heavy atom. The molecule has 71 heavy (non-hydrogen) atoms. The molecule has 0 aromatic rings. The molecule has 0 aromatic heterocycles. The van der Waals surface area contributed by atoms with Crippen LogP contribution in [0.1, 0.15) is 201 Å². The topological polar surface area (TPSA) is 78.9 Å². The average molecular weight is 975 g/mol. The van der Waals surface area contributed by atoms with Gasteiger partial charge in [0.15, 0.2) is 6.10 Å². The van der Waals surface area contributed by atoms with Gasteiger partial charge in [-0.1, -0.05) is 242 Å². The first kappa shape index (κ1) is 65.8. The zero-order chi connectivity index (χ0) is 51.4. The molecule has 6 nitrogen and oxygen atoms in total. The normalized spacial score (nSPS) is 13.5. The summed E-state index contributed by atoms with van der Waals surface area (Å²) in [6.45, 7) is 6.24. The molecule has 0 rings (SSSR count). The highest BCUT2D eigenvalue weighted by Crippen LogP contribution is 2.12. The fraction of sp³-hybridized carbons (Fsp3) is 0.523. The monoisotopic (exact) mass is 975 g/mol. The summed E-state index contributed by atoms with van der Waals surface area (Å²) in [6.07, 6.45) is 84.8. The number of hydrogen-bond acceptors (Lipinski definition) is 6. The maximum atomic E-state index is 12.8. The molecule has 0 aliphatic heterocycles. The Hall–Kier alpha value is -5.23. The van der Waals surface area contributed by atoms with Gasteiger partial charge < -0.3 is 14.2 Å². The number of allylic oxidation sites excluding steroid dienone is 28. The summed E-state index contributed by atoms with van der Waals surface area (Å²) in [5.74, 6) is -1.05. The van der Waals surface area contributed by atoms with Gasteiger partial charge in [0.05, 0.1) is 0 Å². The van der Waals surface area contributed by atoms with Crippen LogP contribution in [-0.4, -0.2) is 37.2 Å². The van der Waals surface area contributed by atoms with Gasteiger partial charge in [-0.05, 0) is 109 Å². The van der Waals surface area contributed by atoms with Crippen molar-refractivity contribution in [2.75, 3.05) is 13.2 Å². The first-order chi connectivity index (χ1) is 35.0. The molecule has 0 aromatic carbocycles. The van der Waals surface area contributed by atoms with E-state index in [1.807, 2.05) is 72.9 Å². The van der Waals surface area contributed by atoms with Crippen molar-refractivity contribution < 1.29 is 28.6 Å². The van der Waals surface area contributed by atoms with E-state index in [1.54, 1.807) is 0 Å². The minimum absolute atomic E-state index is 0.129. The fourth-order valence-corrected chi connectivity index (χ4v) is 6.78. The SMILES string of the molecule is CC\C=C/C=C\C=C/C=C\C=C\C=C/C=C\CCCCCC(=O)OCC(COC(=O)CCCCCCCCC/C=C\C/C=C\CCCCC)OC(=O)CCC/C=C\C/C=C\C/C=C\C/C=C\C/C=C\CC. The smallest absolute Gasteiger partial charge is 0.306 e. The lowest BCUT2D eigenvalue weighted by molar-refractivity contribution is -0.167. The minimum Gasteiger partial charge on any atom is -0.462 e. The summed E-state index contributed by atoms with van der Waals surface area (Å²) in [4.78, 5) is 38.1. The van der Waals surface area contributed by atoms with Gasteiger partial charge in [0.2, 0.25) is 0 Å². The Morgan fingerprint density at radius 2 is 0.634 bits per heavy atom. The van der Waals surface area contributed by atoms with Gasteiger partial charge in [-0.25, -0.2) is 0 Å². The molecule has 0 fully saturated rings. The van der Waals surface area contributed by atoms with E-state index in [1.165, 1.54) is 51.4 Å². The quantitative estimate of drug-likeness (QED) is 0.0199. The summed E-state index contributed by atoms with van der Waals surface area (Å²) < 4.78 is 16.8. The average Bonchev–Trinajstić information content (AvgIpc) is 3.37. The summed E-state index contributed by atoms with van der Waals surface area (Å²) in [5, 5.41) is 0. The first-order valence-corrected chi connectivity index (χ1v) is 27.7. The Bertz CT molecular complexity index is 1690. The summed E-state index contributed by atoms with van der Waals surface area (Å²) in [7, 11) is 0. The van der Waals surface area contributed by atoms with E-state index in [2.05, 4.69) is 118 Å². The van der Waals surface area contributed by atoms with Crippen molar-refractivity contribution in [3.63, 3.8) is 0 Å².